The monoisotopic (exact) mass is 361 g/mol. The zero-order valence-corrected chi connectivity index (χ0v) is 14.6. The Morgan fingerprint density at radius 3 is 2.64 bits per heavy atom. The molecular formula is C13H19N3O3S3. The van der Waals surface area contributed by atoms with Crippen LogP contribution in [0.3, 0.4) is 0 Å². The van der Waals surface area contributed by atoms with Gasteiger partial charge in [0.15, 0.2) is 0 Å². The Morgan fingerprint density at radius 2 is 2.00 bits per heavy atom. The van der Waals surface area contributed by atoms with Crippen LogP contribution < -0.4 is 5.73 Å². The van der Waals surface area contributed by atoms with E-state index in [1.54, 1.807) is 28.1 Å². The largest absolute Gasteiger partial charge is 0.336 e. The average molecular weight is 362 g/mol. The number of carbonyl (C=O) groups is 1. The fourth-order valence-electron chi connectivity index (χ4n) is 2.70. The quantitative estimate of drug-likeness (QED) is 0.855. The fraction of sp³-hybridized carbons (Fsp3) is 0.615. The van der Waals surface area contributed by atoms with Crippen molar-refractivity contribution in [3.8, 4) is 0 Å². The summed E-state index contributed by atoms with van der Waals surface area (Å²) in [6.07, 6.45) is 0.766. The maximum absolute atomic E-state index is 12.8. The van der Waals surface area contributed by atoms with Crippen LogP contribution in [0, 0.1) is 0 Å². The summed E-state index contributed by atoms with van der Waals surface area (Å²) in [5.74, 6) is 1.38. The van der Waals surface area contributed by atoms with Gasteiger partial charge in [-0.25, -0.2) is 8.42 Å². The molecule has 122 valence electrons. The minimum atomic E-state index is -3.59. The van der Waals surface area contributed by atoms with Crippen LogP contribution in [0.2, 0.25) is 0 Å². The topological polar surface area (TPSA) is 83.7 Å². The minimum Gasteiger partial charge on any atom is -0.336 e. The molecule has 3 rings (SSSR count). The highest BCUT2D eigenvalue weighted by Gasteiger charge is 2.34. The van der Waals surface area contributed by atoms with Crippen molar-refractivity contribution in [2.45, 2.75) is 17.4 Å². The normalized spacial score (nSPS) is 23.9. The lowest BCUT2D eigenvalue weighted by atomic mass is 10.3. The third-order valence-electron chi connectivity index (χ3n) is 3.92. The second-order valence-electron chi connectivity index (χ2n) is 5.43. The van der Waals surface area contributed by atoms with Crippen LogP contribution in [0.25, 0.3) is 0 Å². The molecule has 1 aromatic rings. The van der Waals surface area contributed by atoms with Crippen LogP contribution in [0.15, 0.2) is 16.3 Å². The Kier molecular flexibility index (Phi) is 4.79. The number of nitrogens with zero attached hydrogens (tertiary/aromatic N) is 2. The molecule has 0 unspecified atom stereocenters. The molecule has 22 heavy (non-hydrogen) atoms. The molecule has 2 fully saturated rings. The Labute approximate surface area is 138 Å². The van der Waals surface area contributed by atoms with Crippen LogP contribution in [0.5, 0.6) is 0 Å². The van der Waals surface area contributed by atoms with Gasteiger partial charge in [-0.1, -0.05) is 0 Å². The summed E-state index contributed by atoms with van der Waals surface area (Å²) in [6.45, 7) is 2.10. The van der Waals surface area contributed by atoms with Gasteiger partial charge in [-0.3, -0.25) is 4.79 Å². The lowest BCUT2D eigenvalue weighted by molar-refractivity contribution is 0.0792. The molecule has 1 atom stereocenters. The highest BCUT2D eigenvalue weighted by molar-refractivity contribution is 7.99. The van der Waals surface area contributed by atoms with E-state index >= 15 is 0 Å². The first-order chi connectivity index (χ1) is 10.5. The predicted octanol–water partition coefficient (Wildman–Crippen LogP) is 0.659. The highest BCUT2D eigenvalue weighted by Crippen LogP contribution is 2.29. The number of likely N-dealkylation sites (tertiary alicyclic amines) is 1. The molecule has 0 aliphatic carbocycles. The summed E-state index contributed by atoms with van der Waals surface area (Å²) in [7, 11) is -3.59. The molecule has 9 heteroatoms. The maximum Gasteiger partial charge on any atom is 0.265 e. The van der Waals surface area contributed by atoms with Crippen molar-refractivity contribution in [3.63, 3.8) is 0 Å². The molecule has 6 nitrogen and oxygen atoms in total. The number of thiophene rings is 1. The maximum atomic E-state index is 12.8. The zero-order chi connectivity index (χ0) is 15.7. The Balaban J connectivity index is 1.86. The third-order valence-corrected chi connectivity index (χ3v) is 7.84. The van der Waals surface area contributed by atoms with Gasteiger partial charge in [0.25, 0.3) is 5.91 Å². The summed E-state index contributed by atoms with van der Waals surface area (Å²) in [4.78, 5) is 14.7. The number of nitrogens with two attached hydrogens (primary N) is 1. The van der Waals surface area contributed by atoms with Crippen LogP contribution in [0.1, 0.15) is 16.1 Å². The second kappa shape index (κ2) is 6.48. The average Bonchev–Trinajstić information content (AvgIpc) is 3.16. The van der Waals surface area contributed by atoms with Crippen LogP contribution in [-0.4, -0.2) is 67.3 Å². The molecule has 2 N–H and O–H groups in total. The molecule has 0 bridgehead atoms. The van der Waals surface area contributed by atoms with E-state index < -0.39 is 10.0 Å². The van der Waals surface area contributed by atoms with E-state index in [1.165, 1.54) is 15.6 Å². The van der Waals surface area contributed by atoms with E-state index in [1.807, 2.05) is 0 Å². The number of hydrogen-bond donors (Lipinski definition) is 1. The minimum absolute atomic E-state index is 0.0110. The van der Waals surface area contributed by atoms with Crippen molar-refractivity contribution in [1.29, 1.82) is 0 Å². The molecular weight excluding hydrogens is 342 g/mol. The van der Waals surface area contributed by atoms with Crippen LogP contribution in [0.4, 0.5) is 0 Å². The molecule has 2 aliphatic rings. The van der Waals surface area contributed by atoms with Gasteiger partial charge in [0.05, 0.1) is 0 Å². The van der Waals surface area contributed by atoms with Crippen molar-refractivity contribution in [2.75, 3.05) is 37.7 Å². The molecule has 1 aromatic heterocycles. The third kappa shape index (κ3) is 3.05. The first-order valence-electron chi connectivity index (χ1n) is 7.20. The highest BCUT2D eigenvalue weighted by atomic mass is 32.2. The standard InChI is InChI=1S/C13H19N3O3S3/c14-10-1-3-15(9-10)13(17)12-11(2-6-21-12)22(18,19)16-4-7-20-8-5-16/h2,6,10H,1,3-5,7-9,14H2/t10-/m1/s1. The van der Waals surface area contributed by atoms with Gasteiger partial charge in [0.1, 0.15) is 9.77 Å². The summed E-state index contributed by atoms with van der Waals surface area (Å²) < 4.78 is 27.0. The summed E-state index contributed by atoms with van der Waals surface area (Å²) in [5, 5.41) is 1.68. The number of rotatable bonds is 3. The van der Waals surface area contributed by atoms with E-state index in [0.717, 1.165) is 17.9 Å². The summed E-state index contributed by atoms with van der Waals surface area (Å²) in [5.41, 5.74) is 5.84. The first-order valence-corrected chi connectivity index (χ1v) is 10.7. The van der Waals surface area contributed by atoms with Gasteiger partial charge in [-0.2, -0.15) is 16.1 Å². The number of hydrogen-bond acceptors (Lipinski definition) is 6. The van der Waals surface area contributed by atoms with E-state index in [2.05, 4.69) is 0 Å². The Bertz CT molecular complexity index is 652. The van der Waals surface area contributed by atoms with Gasteiger partial charge in [0.2, 0.25) is 10.0 Å². The molecule has 0 spiro atoms. The second-order valence-corrected chi connectivity index (χ2v) is 9.48. The van der Waals surface area contributed by atoms with Crippen molar-refractivity contribution in [3.05, 3.63) is 16.3 Å². The molecule has 0 radical (unpaired) electrons. The number of amides is 1. The van der Waals surface area contributed by atoms with E-state index in [9.17, 15) is 13.2 Å². The van der Waals surface area contributed by atoms with Gasteiger partial charge in [0, 0.05) is 43.7 Å². The van der Waals surface area contributed by atoms with Crippen molar-refractivity contribution in [1.82, 2.24) is 9.21 Å². The lowest BCUT2D eigenvalue weighted by Gasteiger charge is -2.26. The van der Waals surface area contributed by atoms with E-state index in [4.69, 9.17) is 5.73 Å². The zero-order valence-electron chi connectivity index (χ0n) is 12.1. The van der Waals surface area contributed by atoms with Crippen molar-refractivity contribution < 1.29 is 13.2 Å². The fourth-order valence-corrected chi connectivity index (χ4v) is 6.64. The van der Waals surface area contributed by atoms with Gasteiger partial charge in [-0.15, -0.1) is 11.3 Å². The van der Waals surface area contributed by atoms with Gasteiger partial charge >= 0.3 is 0 Å². The molecule has 2 saturated heterocycles. The van der Waals surface area contributed by atoms with Crippen LogP contribution in [-0.2, 0) is 10.0 Å². The van der Waals surface area contributed by atoms with E-state index in [-0.39, 0.29) is 16.8 Å². The molecule has 2 aliphatic heterocycles. The molecule has 0 saturated carbocycles. The number of sulfonamides is 1. The Hall–Kier alpha value is -0.610. The van der Waals surface area contributed by atoms with Gasteiger partial charge < -0.3 is 10.6 Å². The van der Waals surface area contributed by atoms with Crippen LogP contribution >= 0.6 is 23.1 Å². The SMILES string of the molecule is N[C@@H]1CCN(C(=O)c2sccc2S(=O)(=O)N2CCSCC2)C1. The Morgan fingerprint density at radius 1 is 1.27 bits per heavy atom. The predicted molar refractivity (Wildman–Crippen MR) is 88.9 cm³/mol. The van der Waals surface area contributed by atoms with Crippen molar-refractivity contribution >= 4 is 39.0 Å². The molecule has 0 aromatic carbocycles. The first kappa shape index (κ1) is 16.3. The lowest BCUT2D eigenvalue weighted by Crippen LogP contribution is -2.39. The molecule has 3 heterocycles. The number of thioether (sulfide) groups is 1. The van der Waals surface area contributed by atoms with Crippen molar-refractivity contribution in [2.24, 2.45) is 5.73 Å². The number of carbonyl (C=O) groups excluding carboxylic acids is 1. The molecule has 1 amide bonds. The summed E-state index contributed by atoms with van der Waals surface area (Å²) >= 11 is 2.94. The van der Waals surface area contributed by atoms with Gasteiger partial charge in [-0.05, 0) is 17.9 Å². The van der Waals surface area contributed by atoms with E-state index in [0.29, 0.717) is 31.1 Å². The smallest absolute Gasteiger partial charge is 0.265 e. The summed E-state index contributed by atoms with van der Waals surface area (Å²) in [6, 6.07) is 1.54.